The Labute approximate surface area is 201 Å². The summed E-state index contributed by atoms with van der Waals surface area (Å²) in [4.78, 5) is 12.4. The molecule has 3 aliphatic rings. The molecule has 2 aromatic heterocycles. The molecule has 0 amide bonds. The van der Waals surface area contributed by atoms with Crippen molar-refractivity contribution in [3.63, 3.8) is 0 Å². The largest absolute Gasteiger partial charge is 0.382 e. The van der Waals surface area contributed by atoms with E-state index >= 15 is 4.39 Å². The molecule has 5 rings (SSSR count). The highest BCUT2D eigenvalue weighted by atomic mass is 32.9. The summed E-state index contributed by atoms with van der Waals surface area (Å²) in [5, 5.41) is 0. The van der Waals surface area contributed by atoms with Crippen molar-refractivity contribution in [1.29, 1.82) is 0 Å². The highest BCUT2D eigenvalue weighted by Crippen LogP contribution is 2.76. The number of nitrogens with two attached hydrogens (primary N) is 1. The van der Waals surface area contributed by atoms with Crippen molar-refractivity contribution in [3.8, 4) is 0 Å². The zero-order valence-electron chi connectivity index (χ0n) is 18.9. The van der Waals surface area contributed by atoms with E-state index in [9.17, 15) is 0 Å². The molecule has 4 heterocycles. The van der Waals surface area contributed by atoms with Gasteiger partial charge < -0.3 is 19.5 Å². The van der Waals surface area contributed by atoms with Gasteiger partial charge in [-0.15, -0.1) is 0 Å². The van der Waals surface area contributed by atoms with Crippen LogP contribution in [0.5, 0.6) is 0 Å². The molecule has 3 fully saturated rings. The van der Waals surface area contributed by atoms with Crippen LogP contribution in [0, 0.1) is 5.92 Å². The summed E-state index contributed by atoms with van der Waals surface area (Å²) in [7, 11) is 0. The fourth-order valence-corrected chi connectivity index (χ4v) is 12.5. The number of nitrogen functional groups attached to an aromatic ring is 1. The molecule has 0 unspecified atom stereocenters. The Hall–Kier alpha value is -1.10. The van der Waals surface area contributed by atoms with Gasteiger partial charge in [0.2, 0.25) is 5.69 Å². The van der Waals surface area contributed by atoms with Crippen LogP contribution in [0.1, 0.15) is 52.7 Å². The Morgan fingerprint density at radius 1 is 1.48 bits per heavy atom. The second-order valence-electron chi connectivity index (χ2n) is 9.33. The molecule has 8 nitrogen and oxygen atoms in total. The molecule has 2 aliphatic heterocycles. The Morgan fingerprint density at radius 3 is 3.00 bits per heavy atom. The summed E-state index contributed by atoms with van der Waals surface area (Å²) in [6.45, 7) is 10.3. The average molecular weight is 514 g/mol. The van der Waals surface area contributed by atoms with Gasteiger partial charge in [-0.1, -0.05) is 30.5 Å². The van der Waals surface area contributed by atoms with Crippen molar-refractivity contribution in [2.75, 3.05) is 5.73 Å². The normalized spacial score (nSPS) is 40.8. The van der Waals surface area contributed by atoms with E-state index in [1.54, 1.807) is 15.9 Å². The Morgan fingerprint density at radius 2 is 2.27 bits per heavy atom. The number of allylic oxidation sites excluding steroid dienone is 1. The zero-order valence-corrected chi connectivity index (χ0v) is 21.4. The smallest absolute Gasteiger partial charge is 0.248 e. The van der Waals surface area contributed by atoms with Gasteiger partial charge in [-0.25, -0.2) is 19.3 Å². The lowest BCUT2D eigenvalue weighted by Crippen LogP contribution is -2.39. The molecule has 2 N–H and O–H groups in total. The third-order valence-corrected chi connectivity index (χ3v) is 12.8. The lowest BCUT2D eigenvalue weighted by atomic mass is 9.77. The van der Waals surface area contributed by atoms with Crippen molar-refractivity contribution in [2.24, 2.45) is 5.92 Å². The van der Waals surface area contributed by atoms with E-state index in [1.807, 2.05) is 6.92 Å². The lowest BCUT2D eigenvalue weighted by molar-refractivity contribution is -0.0224. The predicted octanol–water partition coefficient (Wildman–Crippen LogP) is 4.93. The Kier molecular flexibility index (Phi) is 6.11. The molecule has 0 aromatic carbocycles. The third kappa shape index (κ3) is 4.04. The van der Waals surface area contributed by atoms with Gasteiger partial charge in [0.15, 0.2) is 23.9 Å². The number of alkyl halides is 1. The van der Waals surface area contributed by atoms with Gasteiger partial charge in [0.25, 0.3) is 0 Å². The Balaban J connectivity index is 1.37. The summed E-state index contributed by atoms with van der Waals surface area (Å²) >= 11 is 7.50. The van der Waals surface area contributed by atoms with Crippen molar-refractivity contribution in [2.45, 2.75) is 81.9 Å². The number of hydrogen-bond donors (Lipinski definition) is 1. The molecule has 1 aliphatic carbocycles. The molecule has 2 aromatic rings. The molecule has 180 valence electrons. The topological polar surface area (TPSA) is 97.3 Å². The molecule has 8 atom stereocenters. The van der Waals surface area contributed by atoms with Crippen LogP contribution in [0.2, 0.25) is 0 Å². The maximum Gasteiger partial charge on any atom is 0.248 e. The maximum absolute atomic E-state index is 15.9. The van der Waals surface area contributed by atoms with Gasteiger partial charge in [0, 0.05) is 4.75 Å². The number of fused-ring (bicyclic) bond motifs is 2. The van der Waals surface area contributed by atoms with E-state index in [0.717, 1.165) is 19.3 Å². The van der Waals surface area contributed by atoms with Gasteiger partial charge in [-0.05, 0) is 57.3 Å². The van der Waals surface area contributed by atoms with Crippen LogP contribution in [-0.4, -0.2) is 48.7 Å². The quantitative estimate of drug-likeness (QED) is 0.441. The fourth-order valence-electron chi connectivity index (χ4n) is 5.01. The summed E-state index contributed by atoms with van der Waals surface area (Å²) in [6.07, 6.45) is 2.56. The molecular weight excluding hydrogens is 484 g/mol. The van der Waals surface area contributed by atoms with E-state index in [-0.39, 0.29) is 16.7 Å². The summed E-state index contributed by atoms with van der Waals surface area (Å²) in [5.74, 6) is 0.660. The van der Waals surface area contributed by atoms with Crippen LogP contribution >= 0.6 is 17.1 Å². The molecule has 1 saturated carbocycles. The second-order valence-corrected chi connectivity index (χ2v) is 15.9. The minimum Gasteiger partial charge on any atom is -0.382 e. The molecule has 0 radical (unpaired) electrons. The number of rotatable bonds is 5. The number of imidazole rings is 1. The van der Waals surface area contributed by atoms with Crippen molar-refractivity contribution in [1.82, 2.24) is 19.5 Å². The number of anilines is 1. The predicted molar refractivity (Wildman–Crippen MR) is 131 cm³/mol. The number of ether oxygens (including phenoxy) is 1. The first kappa shape index (κ1) is 23.6. The van der Waals surface area contributed by atoms with Crippen molar-refractivity contribution >= 4 is 45.9 Å². The zero-order chi connectivity index (χ0) is 23.5. The van der Waals surface area contributed by atoms with Crippen LogP contribution < -0.4 is 5.73 Å². The van der Waals surface area contributed by atoms with Crippen LogP contribution in [-0.2, 0) is 25.6 Å². The summed E-state index contributed by atoms with van der Waals surface area (Å²) in [5.41, 5.74) is 5.13. The van der Waals surface area contributed by atoms with E-state index in [2.05, 4.69) is 35.4 Å². The van der Waals surface area contributed by atoms with Gasteiger partial charge >= 0.3 is 0 Å². The second kappa shape index (κ2) is 8.53. The lowest BCUT2D eigenvalue weighted by Gasteiger charge is -2.37. The van der Waals surface area contributed by atoms with Crippen LogP contribution in [0.3, 0.4) is 0 Å². The number of halogens is 1. The summed E-state index contributed by atoms with van der Waals surface area (Å²) < 4.78 is 36.1. The Bertz CT molecular complexity index is 1130. The van der Waals surface area contributed by atoms with E-state index in [0.29, 0.717) is 23.5 Å². The molecule has 0 bridgehead atoms. The highest BCUT2D eigenvalue weighted by Gasteiger charge is 2.56. The maximum atomic E-state index is 15.9. The number of nitrogens with zero attached hydrogens (tertiary/aromatic N) is 4. The SMILES string of the molecule is C=C(C)[C@@H]1CC[C@]2(C)S[P@@](=S)(O[C@H]3[C@@H](F)[C@H](n4cnc5c(N)ncnc54)O[C@@H]3CC)O[C@H]2C1. The van der Waals surface area contributed by atoms with Gasteiger partial charge in [0.05, 0.1) is 18.5 Å². The average Bonchev–Trinajstić information content (AvgIpc) is 3.39. The first-order valence-electron chi connectivity index (χ1n) is 11.2. The van der Waals surface area contributed by atoms with Crippen molar-refractivity contribution in [3.05, 3.63) is 24.8 Å². The van der Waals surface area contributed by atoms with E-state index in [4.69, 9.17) is 31.3 Å². The fraction of sp³-hybridized carbons (Fsp3) is 0.667. The molecule has 0 spiro atoms. The van der Waals surface area contributed by atoms with E-state index in [1.165, 1.54) is 18.2 Å². The van der Waals surface area contributed by atoms with Crippen molar-refractivity contribution < 1.29 is 18.2 Å². The van der Waals surface area contributed by atoms with Gasteiger partial charge in [-0.3, -0.25) is 4.57 Å². The molecule has 33 heavy (non-hydrogen) atoms. The molecular formula is C21H29FN5O3PS2. The molecule has 2 saturated heterocycles. The van der Waals surface area contributed by atoms with Gasteiger partial charge in [0.1, 0.15) is 17.9 Å². The van der Waals surface area contributed by atoms with Crippen LogP contribution in [0.4, 0.5) is 10.2 Å². The van der Waals surface area contributed by atoms with Crippen LogP contribution in [0.25, 0.3) is 11.2 Å². The number of hydrogen-bond acceptors (Lipinski definition) is 9. The van der Waals surface area contributed by atoms with Gasteiger partial charge in [-0.2, -0.15) is 0 Å². The minimum atomic E-state index is -2.76. The number of aromatic nitrogens is 4. The highest BCUT2D eigenvalue weighted by molar-refractivity contribution is 8.68. The first-order valence-corrected chi connectivity index (χ1v) is 15.3. The minimum absolute atomic E-state index is 0.0164. The standard InChI is InChI=1S/C21H29FN5O3PS2/c1-5-13-17(15(22)20(28-13)27-10-26-16-18(23)24-9-25-19(16)27)30-31(32)29-14-8-12(11(2)3)6-7-21(14,4)33-31/h9-10,12-15,17,20H,2,5-8H2,1,3-4H3,(H2,23,24,25)/t12-,13-,14+,15-,17-,20-,21+,31-/m1/s1. The summed E-state index contributed by atoms with van der Waals surface area (Å²) in [6, 6.07) is 0. The van der Waals surface area contributed by atoms with Crippen LogP contribution in [0.15, 0.2) is 24.8 Å². The molecule has 12 heteroatoms. The first-order chi connectivity index (χ1) is 15.6. The third-order valence-electron chi connectivity index (χ3n) is 7.02. The van der Waals surface area contributed by atoms with E-state index < -0.39 is 30.3 Å². The monoisotopic (exact) mass is 513 g/mol.